The topological polar surface area (TPSA) is 0 Å². The quantitative estimate of drug-likeness (QED) is 0.439. The van der Waals surface area contributed by atoms with Crippen molar-refractivity contribution in [2.24, 2.45) is 0 Å². The molecule has 13 heavy (non-hydrogen) atoms. The van der Waals surface area contributed by atoms with E-state index in [4.69, 9.17) is 34.8 Å². The van der Waals surface area contributed by atoms with Gasteiger partial charge in [-0.1, -0.05) is 24.1 Å². The van der Waals surface area contributed by atoms with E-state index in [2.05, 4.69) is 6.08 Å². The van der Waals surface area contributed by atoms with E-state index < -0.39 is 0 Å². The van der Waals surface area contributed by atoms with Crippen LogP contribution in [0.4, 0.5) is 0 Å². The lowest BCUT2D eigenvalue weighted by molar-refractivity contribution is 0.730. The molecular formula is C10H17Cl3. The summed E-state index contributed by atoms with van der Waals surface area (Å²) in [6.07, 6.45) is 7.33. The summed E-state index contributed by atoms with van der Waals surface area (Å²) in [5.74, 6) is 0.760. The molecule has 0 aliphatic rings. The Morgan fingerprint density at radius 3 is 2.54 bits per heavy atom. The molecule has 0 nitrogen and oxygen atoms in total. The Bertz CT molecular complexity index is 141. The van der Waals surface area contributed by atoms with E-state index in [1.54, 1.807) is 0 Å². The summed E-state index contributed by atoms with van der Waals surface area (Å²) in [5, 5.41) is 1.01. The first-order valence-electron chi connectivity index (χ1n) is 4.71. The highest BCUT2D eigenvalue weighted by molar-refractivity contribution is 6.30. The molecule has 0 radical (unpaired) electrons. The molecule has 78 valence electrons. The van der Waals surface area contributed by atoms with Gasteiger partial charge < -0.3 is 0 Å². The minimum absolute atomic E-state index is 0.131. The second-order valence-corrected chi connectivity index (χ2v) is 4.78. The Labute approximate surface area is 96.2 Å². The highest BCUT2D eigenvalue weighted by Crippen LogP contribution is 2.15. The normalized spacial score (nSPS) is 14.6. The molecule has 0 aromatic rings. The third-order valence-electron chi connectivity index (χ3n) is 1.68. The molecular weight excluding hydrogens is 226 g/mol. The molecule has 0 aromatic heterocycles. The SMILES string of the molecule is CC(Cl)CC(Cl)=CCCCCCCl. The van der Waals surface area contributed by atoms with Crippen LogP contribution in [0.25, 0.3) is 0 Å². The van der Waals surface area contributed by atoms with Crippen LogP contribution in [-0.2, 0) is 0 Å². The first kappa shape index (κ1) is 13.6. The van der Waals surface area contributed by atoms with Gasteiger partial charge in [0, 0.05) is 16.3 Å². The molecule has 0 aliphatic carbocycles. The summed E-state index contributed by atoms with van der Waals surface area (Å²) in [6.45, 7) is 1.95. The van der Waals surface area contributed by atoms with Crippen molar-refractivity contribution in [2.75, 3.05) is 5.88 Å². The maximum atomic E-state index is 5.94. The summed E-state index contributed by atoms with van der Waals surface area (Å²) in [4.78, 5) is 0. The minimum atomic E-state index is 0.131. The van der Waals surface area contributed by atoms with E-state index >= 15 is 0 Å². The number of hydrogen-bond donors (Lipinski definition) is 0. The first-order valence-corrected chi connectivity index (χ1v) is 6.06. The average Bonchev–Trinajstić information content (AvgIpc) is 2.02. The minimum Gasteiger partial charge on any atom is -0.127 e. The van der Waals surface area contributed by atoms with Crippen LogP contribution in [-0.4, -0.2) is 11.3 Å². The fourth-order valence-electron chi connectivity index (χ4n) is 1.03. The Hall–Kier alpha value is 0.610. The fraction of sp³-hybridized carbons (Fsp3) is 0.800. The second-order valence-electron chi connectivity index (χ2n) is 3.17. The van der Waals surface area contributed by atoms with Crippen molar-refractivity contribution < 1.29 is 0 Å². The summed E-state index contributed by atoms with van der Waals surface area (Å²) in [6, 6.07) is 0. The summed E-state index contributed by atoms with van der Waals surface area (Å²) in [5.41, 5.74) is 0. The summed E-state index contributed by atoms with van der Waals surface area (Å²) < 4.78 is 0. The predicted octanol–water partition coefficient (Wildman–Crippen LogP) is 4.93. The number of unbranched alkanes of at least 4 members (excludes halogenated alkanes) is 3. The zero-order chi connectivity index (χ0) is 10.1. The predicted molar refractivity (Wildman–Crippen MR) is 63.1 cm³/mol. The van der Waals surface area contributed by atoms with Gasteiger partial charge in [0.25, 0.3) is 0 Å². The number of rotatable bonds is 7. The van der Waals surface area contributed by atoms with Gasteiger partial charge in [-0.15, -0.1) is 23.2 Å². The van der Waals surface area contributed by atoms with Crippen LogP contribution in [0.2, 0.25) is 0 Å². The maximum Gasteiger partial charge on any atom is 0.0356 e. The smallest absolute Gasteiger partial charge is 0.0356 e. The Morgan fingerprint density at radius 2 is 2.00 bits per heavy atom. The summed E-state index contributed by atoms with van der Waals surface area (Å²) >= 11 is 17.3. The molecule has 0 bridgehead atoms. The Kier molecular flexibility index (Phi) is 9.61. The third kappa shape index (κ3) is 10.5. The van der Waals surface area contributed by atoms with Crippen LogP contribution in [0.1, 0.15) is 39.0 Å². The van der Waals surface area contributed by atoms with Crippen molar-refractivity contribution in [3.05, 3.63) is 11.1 Å². The lowest BCUT2D eigenvalue weighted by Crippen LogP contribution is -1.89. The van der Waals surface area contributed by atoms with Crippen LogP contribution in [0.15, 0.2) is 11.1 Å². The number of alkyl halides is 2. The van der Waals surface area contributed by atoms with Gasteiger partial charge in [0.15, 0.2) is 0 Å². The van der Waals surface area contributed by atoms with E-state index in [9.17, 15) is 0 Å². The molecule has 0 spiro atoms. The highest BCUT2D eigenvalue weighted by atomic mass is 35.5. The van der Waals surface area contributed by atoms with Crippen molar-refractivity contribution in [1.29, 1.82) is 0 Å². The van der Waals surface area contributed by atoms with Crippen molar-refractivity contribution in [1.82, 2.24) is 0 Å². The van der Waals surface area contributed by atoms with Gasteiger partial charge in [-0.25, -0.2) is 0 Å². The fourth-order valence-corrected chi connectivity index (χ4v) is 1.80. The number of allylic oxidation sites excluding steroid dienone is 2. The van der Waals surface area contributed by atoms with Gasteiger partial charge in [0.2, 0.25) is 0 Å². The monoisotopic (exact) mass is 242 g/mol. The largest absolute Gasteiger partial charge is 0.127 e. The Morgan fingerprint density at radius 1 is 1.31 bits per heavy atom. The lowest BCUT2D eigenvalue weighted by Gasteiger charge is -2.00. The average molecular weight is 244 g/mol. The van der Waals surface area contributed by atoms with Gasteiger partial charge in [0.1, 0.15) is 0 Å². The molecule has 1 atom stereocenters. The standard InChI is InChI=1S/C10H17Cl3/c1-9(12)8-10(13)6-4-2-3-5-7-11/h6,9H,2-5,7-8H2,1H3. The van der Waals surface area contributed by atoms with Crippen LogP contribution < -0.4 is 0 Å². The van der Waals surface area contributed by atoms with Crippen molar-refractivity contribution >= 4 is 34.8 Å². The van der Waals surface area contributed by atoms with Crippen molar-refractivity contribution in [3.8, 4) is 0 Å². The van der Waals surface area contributed by atoms with E-state index in [0.29, 0.717) is 0 Å². The molecule has 0 N–H and O–H groups in total. The molecule has 0 amide bonds. The maximum absolute atomic E-state index is 5.94. The summed E-state index contributed by atoms with van der Waals surface area (Å²) in [7, 11) is 0. The van der Waals surface area contributed by atoms with Gasteiger partial charge in [-0.05, 0) is 32.6 Å². The van der Waals surface area contributed by atoms with E-state index in [-0.39, 0.29) is 5.38 Å². The molecule has 0 saturated heterocycles. The number of halogens is 3. The van der Waals surface area contributed by atoms with Crippen molar-refractivity contribution in [3.63, 3.8) is 0 Å². The molecule has 0 saturated carbocycles. The molecule has 0 fully saturated rings. The second kappa shape index (κ2) is 9.18. The first-order chi connectivity index (χ1) is 6.16. The molecule has 0 aromatic carbocycles. The molecule has 3 heteroatoms. The van der Waals surface area contributed by atoms with Crippen LogP contribution in [0.3, 0.4) is 0 Å². The molecule has 0 heterocycles. The zero-order valence-corrected chi connectivity index (χ0v) is 10.3. The molecule has 1 unspecified atom stereocenters. The van der Waals surface area contributed by atoms with E-state index in [1.165, 1.54) is 12.8 Å². The van der Waals surface area contributed by atoms with Gasteiger partial charge in [-0.3, -0.25) is 0 Å². The van der Waals surface area contributed by atoms with E-state index in [1.807, 2.05) is 6.92 Å². The third-order valence-corrected chi connectivity index (χ3v) is 2.41. The number of hydrogen-bond acceptors (Lipinski definition) is 0. The highest BCUT2D eigenvalue weighted by Gasteiger charge is 1.98. The molecule has 0 aliphatic heterocycles. The van der Waals surface area contributed by atoms with Crippen LogP contribution in [0.5, 0.6) is 0 Å². The van der Waals surface area contributed by atoms with E-state index in [0.717, 1.165) is 30.2 Å². The zero-order valence-electron chi connectivity index (χ0n) is 8.03. The van der Waals surface area contributed by atoms with Crippen molar-refractivity contribution in [2.45, 2.75) is 44.4 Å². The lowest BCUT2D eigenvalue weighted by atomic mass is 10.2. The van der Waals surface area contributed by atoms with Crippen LogP contribution >= 0.6 is 34.8 Å². The van der Waals surface area contributed by atoms with Gasteiger partial charge >= 0.3 is 0 Å². The van der Waals surface area contributed by atoms with Gasteiger partial charge in [-0.2, -0.15) is 0 Å². The van der Waals surface area contributed by atoms with Gasteiger partial charge in [0.05, 0.1) is 0 Å². The Balaban J connectivity index is 3.36. The molecule has 0 rings (SSSR count). The van der Waals surface area contributed by atoms with Crippen LogP contribution in [0, 0.1) is 0 Å².